The van der Waals surface area contributed by atoms with Gasteiger partial charge in [-0.2, -0.15) is 0 Å². The van der Waals surface area contributed by atoms with Crippen molar-refractivity contribution in [2.75, 3.05) is 13.6 Å². The second-order valence-corrected chi connectivity index (χ2v) is 1.84. The molecular formula is C4H8ClN3O2. The van der Waals surface area contributed by atoms with Crippen LogP contribution in [0.15, 0.2) is 0 Å². The highest BCUT2D eigenvalue weighted by Gasteiger charge is 2.06. The van der Waals surface area contributed by atoms with Gasteiger partial charge >= 0.3 is 5.97 Å². The Kier molecular flexibility index (Phi) is 3.56. The van der Waals surface area contributed by atoms with Crippen molar-refractivity contribution in [3.05, 3.63) is 0 Å². The van der Waals surface area contributed by atoms with Crippen LogP contribution in [-0.4, -0.2) is 30.4 Å². The van der Waals surface area contributed by atoms with Crippen molar-refractivity contribution in [3.63, 3.8) is 0 Å². The summed E-state index contributed by atoms with van der Waals surface area (Å²) in [6.07, 6.45) is 0. The molecule has 0 unspecified atom stereocenters. The highest BCUT2D eigenvalue weighted by atomic mass is 35.5. The van der Waals surface area contributed by atoms with Gasteiger partial charge in [0.05, 0.1) is 0 Å². The number of halogens is 1. The molecule has 5 nitrogen and oxygen atoms in total. The van der Waals surface area contributed by atoms with Crippen molar-refractivity contribution < 1.29 is 9.08 Å². The third-order valence-electron chi connectivity index (χ3n) is 0.864. The molecule has 0 heterocycles. The zero-order chi connectivity index (χ0) is 8.15. The van der Waals surface area contributed by atoms with E-state index in [4.69, 9.17) is 23.0 Å². The van der Waals surface area contributed by atoms with Gasteiger partial charge < -0.3 is 14.9 Å². The molecule has 0 rings (SSSR count). The van der Waals surface area contributed by atoms with Gasteiger partial charge in [0.15, 0.2) is 5.96 Å². The Morgan fingerprint density at radius 2 is 2.40 bits per heavy atom. The predicted octanol–water partition coefficient (Wildman–Crippen LogP) is -0.491. The number of hydrogen-bond donors (Lipinski definition) is 2. The standard InChI is InChI=1S/C4H8ClN3O2/c1-8(4(6)7)2-3(9)10-5/h2H2,1H3,(H3,6,7). The van der Waals surface area contributed by atoms with E-state index >= 15 is 0 Å². The molecule has 0 aromatic rings. The van der Waals surface area contributed by atoms with E-state index in [1.807, 2.05) is 0 Å². The summed E-state index contributed by atoms with van der Waals surface area (Å²) >= 11 is 4.71. The summed E-state index contributed by atoms with van der Waals surface area (Å²) in [5.74, 6) is -0.846. The number of nitrogens with one attached hydrogen (secondary N) is 1. The first kappa shape index (κ1) is 9.03. The van der Waals surface area contributed by atoms with Crippen molar-refractivity contribution in [1.29, 1.82) is 5.41 Å². The van der Waals surface area contributed by atoms with Crippen LogP contribution in [-0.2, 0) is 9.08 Å². The SMILES string of the molecule is CN(CC(=O)OCl)C(=N)N. The molecule has 6 heteroatoms. The van der Waals surface area contributed by atoms with E-state index < -0.39 is 5.97 Å². The van der Waals surface area contributed by atoms with E-state index in [2.05, 4.69) is 4.29 Å². The second-order valence-electron chi connectivity index (χ2n) is 1.69. The predicted molar refractivity (Wildman–Crippen MR) is 36.5 cm³/mol. The third-order valence-corrected chi connectivity index (χ3v) is 1.04. The number of hydrogen-bond acceptors (Lipinski definition) is 3. The maximum atomic E-state index is 10.4. The zero-order valence-corrected chi connectivity index (χ0v) is 6.18. The van der Waals surface area contributed by atoms with Crippen molar-refractivity contribution >= 4 is 23.8 Å². The molecule has 0 aliphatic rings. The van der Waals surface area contributed by atoms with Gasteiger partial charge in [-0.1, -0.05) is 0 Å². The maximum Gasteiger partial charge on any atom is 0.343 e. The minimum atomic E-state index is -0.639. The van der Waals surface area contributed by atoms with E-state index in [0.717, 1.165) is 0 Å². The minimum absolute atomic E-state index is 0.112. The van der Waals surface area contributed by atoms with Gasteiger partial charge in [-0.15, -0.1) is 0 Å². The first-order chi connectivity index (χ1) is 4.57. The Morgan fingerprint density at radius 1 is 1.90 bits per heavy atom. The Morgan fingerprint density at radius 3 is 2.70 bits per heavy atom. The fourth-order valence-corrected chi connectivity index (χ4v) is 0.352. The lowest BCUT2D eigenvalue weighted by atomic mass is 10.6. The molecular weight excluding hydrogens is 158 g/mol. The number of carbonyl (C=O) groups is 1. The normalized spacial score (nSPS) is 8.60. The quantitative estimate of drug-likeness (QED) is 0.428. The van der Waals surface area contributed by atoms with E-state index in [9.17, 15) is 4.79 Å². The smallest absolute Gasteiger partial charge is 0.343 e. The highest BCUT2D eigenvalue weighted by Crippen LogP contribution is 1.86. The van der Waals surface area contributed by atoms with Crippen LogP contribution in [0.1, 0.15) is 0 Å². The third kappa shape index (κ3) is 3.13. The molecule has 0 aliphatic heterocycles. The Bertz CT molecular complexity index is 149. The Hall–Kier alpha value is -0.970. The number of nitrogens with zero attached hydrogens (tertiary/aromatic N) is 1. The molecule has 10 heavy (non-hydrogen) atoms. The number of guanidine groups is 1. The first-order valence-corrected chi connectivity index (χ1v) is 2.75. The number of rotatable bonds is 2. The van der Waals surface area contributed by atoms with Crippen molar-refractivity contribution in [1.82, 2.24) is 4.90 Å². The molecule has 0 radical (unpaired) electrons. The first-order valence-electron chi connectivity index (χ1n) is 2.44. The van der Waals surface area contributed by atoms with Gasteiger partial charge in [0.2, 0.25) is 0 Å². The van der Waals surface area contributed by atoms with Crippen molar-refractivity contribution in [2.45, 2.75) is 0 Å². The van der Waals surface area contributed by atoms with Crippen LogP contribution >= 0.6 is 11.9 Å². The number of carbonyl (C=O) groups excluding carboxylic acids is 1. The van der Waals surface area contributed by atoms with E-state index in [1.165, 1.54) is 11.9 Å². The summed E-state index contributed by atoms with van der Waals surface area (Å²) in [4.78, 5) is 11.6. The van der Waals surface area contributed by atoms with Crippen LogP contribution in [0.4, 0.5) is 0 Å². The molecule has 0 fully saturated rings. The molecule has 0 saturated heterocycles. The topological polar surface area (TPSA) is 79.4 Å². The van der Waals surface area contributed by atoms with Gasteiger partial charge in [0.1, 0.15) is 18.4 Å². The molecule has 0 saturated carbocycles. The van der Waals surface area contributed by atoms with Gasteiger partial charge in [0, 0.05) is 7.05 Å². The molecule has 3 N–H and O–H groups in total. The maximum absolute atomic E-state index is 10.4. The van der Waals surface area contributed by atoms with E-state index in [-0.39, 0.29) is 12.5 Å². The summed E-state index contributed by atoms with van der Waals surface area (Å²) in [6, 6.07) is 0. The lowest BCUT2D eigenvalue weighted by Crippen LogP contribution is -2.36. The van der Waals surface area contributed by atoms with Gasteiger partial charge in [-0.05, 0) is 0 Å². The van der Waals surface area contributed by atoms with Crippen LogP contribution in [0.5, 0.6) is 0 Å². The second kappa shape index (κ2) is 3.94. The molecule has 0 spiro atoms. The average molecular weight is 166 g/mol. The minimum Gasteiger partial charge on any atom is -0.370 e. The number of likely N-dealkylation sites (N-methyl/N-ethyl adjacent to an activating group) is 1. The van der Waals surface area contributed by atoms with Crippen molar-refractivity contribution in [2.24, 2.45) is 5.73 Å². The fraction of sp³-hybridized carbons (Fsp3) is 0.500. The van der Waals surface area contributed by atoms with Crippen LogP contribution in [0, 0.1) is 5.41 Å². The summed E-state index contributed by atoms with van der Waals surface area (Å²) in [7, 11) is 1.48. The van der Waals surface area contributed by atoms with E-state index in [1.54, 1.807) is 0 Å². The van der Waals surface area contributed by atoms with Crippen LogP contribution in [0.2, 0.25) is 0 Å². The largest absolute Gasteiger partial charge is 0.370 e. The lowest BCUT2D eigenvalue weighted by molar-refractivity contribution is -0.134. The summed E-state index contributed by atoms with van der Waals surface area (Å²) in [5.41, 5.74) is 5.00. The van der Waals surface area contributed by atoms with Crippen LogP contribution < -0.4 is 5.73 Å². The molecule has 0 aromatic heterocycles. The fourth-order valence-electron chi connectivity index (χ4n) is 0.303. The molecule has 0 aromatic carbocycles. The Labute approximate surface area is 63.4 Å². The lowest BCUT2D eigenvalue weighted by Gasteiger charge is -2.12. The molecule has 58 valence electrons. The van der Waals surface area contributed by atoms with E-state index in [0.29, 0.717) is 0 Å². The molecule has 0 atom stereocenters. The van der Waals surface area contributed by atoms with Gasteiger partial charge in [-0.25, -0.2) is 4.79 Å². The molecule has 0 amide bonds. The summed E-state index contributed by atoms with van der Waals surface area (Å²) in [6.45, 7) is -0.112. The molecule has 0 bridgehead atoms. The number of nitrogens with two attached hydrogens (primary N) is 1. The van der Waals surface area contributed by atoms with Crippen LogP contribution in [0.25, 0.3) is 0 Å². The Balaban J connectivity index is 3.68. The highest BCUT2D eigenvalue weighted by molar-refractivity contribution is 6.13. The average Bonchev–Trinajstić information content (AvgIpc) is 1.87. The zero-order valence-electron chi connectivity index (χ0n) is 5.43. The van der Waals surface area contributed by atoms with Gasteiger partial charge in [0.25, 0.3) is 0 Å². The summed E-state index contributed by atoms with van der Waals surface area (Å²) < 4.78 is 3.81. The molecule has 0 aliphatic carbocycles. The van der Waals surface area contributed by atoms with Crippen molar-refractivity contribution in [3.8, 4) is 0 Å². The van der Waals surface area contributed by atoms with Crippen LogP contribution in [0.3, 0.4) is 0 Å². The monoisotopic (exact) mass is 165 g/mol. The summed E-state index contributed by atoms with van der Waals surface area (Å²) in [5, 5.41) is 6.82. The van der Waals surface area contributed by atoms with Gasteiger partial charge in [-0.3, -0.25) is 5.41 Å².